The topological polar surface area (TPSA) is 115 Å². The molecule has 0 saturated carbocycles. The summed E-state index contributed by atoms with van der Waals surface area (Å²) in [7, 11) is 1.76. The van der Waals surface area contributed by atoms with E-state index in [0.717, 1.165) is 12.8 Å². The number of aryl methyl sites for hydroxylation is 2. The fourth-order valence-corrected chi connectivity index (χ4v) is 4.09. The van der Waals surface area contributed by atoms with Crippen LogP contribution in [0.1, 0.15) is 31.2 Å². The summed E-state index contributed by atoms with van der Waals surface area (Å²) < 4.78 is 32.3. The zero-order valence-corrected chi connectivity index (χ0v) is 20.5. The first-order valence-electron chi connectivity index (χ1n) is 11.7. The lowest BCUT2D eigenvalue weighted by molar-refractivity contribution is 0.0656. The molecule has 3 N–H and O–H groups in total. The van der Waals surface area contributed by atoms with E-state index >= 15 is 4.39 Å². The molecule has 9 nitrogen and oxygen atoms in total. The third-order valence-electron chi connectivity index (χ3n) is 6.11. The molecule has 0 amide bonds. The summed E-state index contributed by atoms with van der Waals surface area (Å²) in [6.07, 6.45) is 0.808. The number of halogens is 1. The van der Waals surface area contributed by atoms with Gasteiger partial charge in [0.2, 0.25) is 0 Å². The predicted octanol–water partition coefficient (Wildman–Crippen LogP) is 3.49. The van der Waals surface area contributed by atoms with Gasteiger partial charge in [-0.1, -0.05) is 17.3 Å². The molecule has 2 aromatic heterocycles. The lowest BCUT2D eigenvalue weighted by Crippen LogP contribution is -2.41. The molecule has 1 aromatic carbocycles. The molecule has 3 heterocycles. The minimum absolute atomic E-state index is 0.116. The number of hydrogen-bond donors (Lipinski definition) is 3. The minimum atomic E-state index is -0.645. The summed E-state index contributed by atoms with van der Waals surface area (Å²) in [4.78, 5) is 9.16. The van der Waals surface area contributed by atoms with Crippen molar-refractivity contribution in [2.24, 2.45) is 0 Å². The summed E-state index contributed by atoms with van der Waals surface area (Å²) in [6, 6.07) is 7.21. The highest BCUT2D eigenvalue weighted by Gasteiger charge is 2.31. The van der Waals surface area contributed by atoms with E-state index in [9.17, 15) is 5.11 Å². The second-order valence-corrected chi connectivity index (χ2v) is 9.11. The molecule has 1 atom stereocenters. The van der Waals surface area contributed by atoms with E-state index < -0.39 is 11.9 Å². The summed E-state index contributed by atoms with van der Waals surface area (Å²) in [6.45, 7) is 7.26. The molecule has 1 unspecified atom stereocenters. The van der Waals surface area contributed by atoms with Crippen LogP contribution in [0.25, 0.3) is 22.6 Å². The average Bonchev–Trinajstić information content (AvgIpc) is 3.17. The van der Waals surface area contributed by atoms with Crippen LogP contribution >= 0.6 is 0 Å². The van der Waals surface area contributed by atoms with Gasteiger partial charge in [-0.15, -0.1) is 0 Å². The Morgan fingerprint density at radius 3 is 2.69 bits per heavy atom. The second-order valence-electron chi connectivity index (χ2n) is 9.11. The van der Waals surface area contributed by atoms with Gasteiger partial charge in [-0.05, 0) is 52.8 Å². The van der Waals surface area contributed by atoms with E-state index in [0.29, 0.717) is 53.9 Å². The van der Waals surface area contributed by atoms with E-state index in [1.165, 1.54) is 0 Å². The van der Waals surface area contributed by atoms with Gasteiger partial charge >= 0.3 is 0 Å². The van der Waals surface area contributed by atoms with Crippen LogP contribution in [0.4, 0.5) is 10.2 Å². The minimum Gasteiger partial charge on any atom is -0.491 e. The van der Waals surface area contributed by atoms with E-state index in [1.54, 1.807) is 33.0 Å². The van der Waals surface area contributed by atoms with E-state index in [2.05, 4.69) is 25.8 Å². The van der Waals surface area contributed by atoms with Gasteiger partial charge < -0.3 is 29.7 Å². The lowest BCUT2D eigenvalue weighted by Gasteiger charge is -2.35. The summed E-state index contributed by atoms with van der Waals surface area (Å²) in [5, 5.41) is 20.2. The summed E-state index contributed by atoms with van der Waals surface area (Å²) in [5.74, 6) is 0.921. The van der Waals surface area contributed by atoms with Crippen molar-refractivity contribution in [1.29, 1.82) is 0 Å². The largest absolute Gasteiger partial charge is 0.491 e. The Bertz CT molecular complexity index is 1140. The molecule has 1 fully saturated rings. The Morgan fingerprint density at radius 2 is 2.00 bits per heavy atom. The number of nitrogens with zero attached hydrogens (tertiary/aromatic N) is 3. The van der Waals surface area contributed by atoms with Gasteiger partial charge in [0, 0.05) is 30.9 Å². The van der Waals surface area contributed by atoms with Gasteiger partial charge in [0.15, 0.2) is 17.5 Å². The second kappa shape index (κ2) is 10.7. The molecule has 0 aliphatic carbocycles. The number of rotatable bonds is 9. The highest BCUT2D eigenvalue weighted by Crippen LogP contribution is 2.35. The number of likely N-dealkylation sites (N-methyl/N-ethyl adjacent to an activating group) is 1. The molecular weight excluding hydrogens is 453 g/mol. The van der Waals surface area contributed by atoms with Crippen molar-refractivity contribution >= 4 is 5.82 Å². The zero-order chi connectivity index (χ0) is 25.0. The summed E-state index contributed by atoms with van der Waals surface area (Å²) >= 11 is 0. The molecular formula is C25H32FN5O4. The van der Waals surface area contributed by atoms with Crippen molar-refractivity contribution in [3.8, 4) is 28.4 Å². The number of benzene rings is 1. The van der Waals surface area contributed by atoms with Crippen molar-refractivity contribution in [3.05, 3.63) is 41.5 Å². The number of anilines is 1. The van der Waals surface area contributed by atoms with E-state index in [4.69, 9.17) is 14.0 Å². The predicted molar refractivity (Wildman–Crippen MR) is 130 cm³/mol. The monoisotopic (exact) mass is 485 g/mol. The first kappa shape index (κ1) is 25.0. The number of aliphatic hydroxyl groups is 1. The van der Waals surface area contributed by atoms with Crippen molar-refractivity contribution in [2.45, 2.75) is 45.3 Å². The number of nitrogens with one attached hydrogen (secondary N) is 2. The third kappa shape index (κ3) is 5.77. The maximum absolute atomic E-state index is 15.8. The Morgan fingerprint density at radius 1 is 1.23 bits per heavy atom. The van der Waals surface area contributed by atoms with Crippen LogP contribution in [-0.2, 0) is 4.74 Å². The molecule has 1 saturated heterocycles. The van der Waals surface area contributed by atoms with Gasteiger partial charge in [0.05, 0.1) is 11.3 Å². The van der Waals surface area contributed by atoms with Crippen LogP contribution < -0.4 is 15.4 Å². The third-order valence-corrected chi connectivity index (χ3v) is 6.11. The fourth-order valence-electron chi connectivity index (χ4n) is 4.09. The molecule has 1 aliphatic rings. The van der Waals surface area contributed by atoms with Crippen molar-refractivity contribution in [2.75, 3.05) is 38.7 Å². The molecule has 0 radical (unpaired) electrons. The molecule has 10 heteroatoms. The SMILES string of the molecule is CNCC(O)COc1cccc(-c2nc(NC3(C)CCOCC3)c(F)c(-c3c(C)noc3C)n2)c1. The molecule has 1 aliphatic heterocycles. The maximum atomic E-state index is 15.8. The average molecular weight is 486 g/mol. The maximum Gasteiger partial charge on any atom is 0.191 e. The highest BCUT2D eigenvalue weighted by molar-refractivity contribution is 5.71. The van der Waals surface area contributed by atoms with E-state index in [-0.39, 0.29) is 23.7 Å². The highest BCUT2D eigenvalue weighted by atomic mass is 19.1. The van der Waals surface area contributed by atoms with Crippen LogP contribution in [0.5, 0.6) is 5.75 Å². The van der Waals surface area contributed by atoms with Gasteiger partial charge in [0.25, 0.3) is 0 Å². The Hall–Kier alpha value is -3.08. The lowest BCUT2D eigenvalue weighted by atomic mass is 9.92. The molecule has 188 valence electrons. The number of aliphatic hydroxyl groups excluding tert-OH is 1. The standard InChI is InChI=1S/C25H32FN5O4/c1-15-20(16(2)35-31-15)22-21(26)24(30-25(3)8-10-33-11-9-25)29-23(28-22)17-6-5-7-19(12-17)34-14-18(32)13-27-4/h5-7,12,18,27,32H,8-11,13-14H2,1-4H3,(H,28,29,30). The van der Waals surface area contributed by atoms with Crippen LogP contribution in [0.15, 0.2) is 28.8 Å². The van der Waals surface area contributed by atoms with Crippen LogP contribution in [0.2, 0.25) is 0 Å². The quantitative estimate of drug-likeness (QED) is 0.419. The van der Waals surface area contributed by atoms with Crippen LogP contribution in [0, 0.1) is 19.7 Å². The number of aromatic nitrogens is 3. The first-order chi connectivity index (χ1) is 16.8. The van der Waals surface area contributed by atoms with E-state index in [1.807, 2.05) is 19.1 Å². The van der Waals surface area contributed by atoms with Crippen LogP contribution in [0.3, 0.4) is 0 Å². The van der Waals surface area contributed by atoms with Gasteiger partial charge in [-0.2, -0.15) is 0 Å². The Labute approximate surface area is 204 Å². The first-order valence-corrected chi connectivity index (χ1v) is 11.7. The number of hydrogen-bond acceptors (Lipinski definition) is 9. The molecule has 4 rings (SSSR count). The Kier molecular flexibility index (Phi) is 7.63. The smallest absolute Gasteiger partial charge is 0.191 e. The van der Waals surface area contributed by atoms with Crippen molar-refractivity contribution in [3.63, 3.8) is 0 Å². The zero-order valence-electron chi connectivity index (χ0n) is 20.5. The number of ether oxygens (including phenoxy) is 2. The van der Waals surface area contributed by atoms with Gasteiger partial charge in [0.1, 0.15) is 29.9 Å². The molecule has 0 spiro atoms. The fraction of sp³-hybridized carbons (Fsp3) is 0.480. The molecule has 0 bridgehead atoms. The normalized spacial score (nSPS) is 16.2. The van der Waals surface area contributed by atoms with Gasteiger partial charge in [-0.25, -0.2) is 14.4 Å². The van der Waals surface area contributed by atoms with Crippen molar-refractivity contribution in [1.82, 2.24) is 20.4 Å². The summed E-state index contributed by atoms with van der Waals surface area (Å²) in [5.41, 5.74) is 1.47. The van der Waals surface area contributed by atoms with Crippen molar-refractivity contribution < 1.29 is 23.5 Å². The molecule has 35 heavy (non-hydrogen) atoms. The molecule has 3 aromatic rings. The Balaban J connectivity index is 1.74. The van der Waals surface area contributed by atoms with Gasteiger partial charge in [-0.3, -0.25) is 0 Å². The van der Waals surface area contributed by atoms with Crippen LogP contribution in [-0.4, -0.2) is 65.3 Å².